The summed E-state index contributed by atoms with van der Waals surface area (Å²) >= 11 is 0. The Morgan fingerprint density at radius 1 is 1.12 bits per heavy atom. The molecule has 0 aliphatic rings. The summed E-state index contributed by atoms with van der Waals surface area (Å²) in [6.45, 7) is 4.92. The summed E-state index contributed by atoms with van der Waals surface area (Å²) in [7, 11) is 0. The fourth-order valence-electron chi connectivity index (χ4n) is 1.21. The monoisotopic (exact) mass is 247 g/mol. The van der Waals surface area contributed by atoms with E-state index in [0.717, 1.165) is 0 Å². The van der Waals surface area contributed by atoms with E-state index in [4.69, 9.17) is 0 Å². The Hall–Kier alpha value is -0.880. The molecule has 0 aromatic rings. The highest BCUT2D eigenvalue weighted by molar-refractivity contribution is 5.84. The summed E-state index contributed by atoms with van der Waals surface area (Å²) < 4.78 is 60.3. The van der Waals surface area contributed by atoms with Gasteiger partial charge in [-0.2, -0.15) is 22.0 Å². The van der Waals surface area contributed by atoms with E-state index in [1.54, 1.807) is 19.2 Å². The molecule has 0 fully saturated rings. The smallest absolute Gasteiger partial charge is 0.348 e. The van der Waals surface area contributed by atoms with Crippen molar-refractivity contribution in [3.8, 4) is 0 Å². The Labute approximate surface area is 90.2 Å². The van der Waals surface area contributed by atoms with Crippen molar-refractivity contribution in [2.75, 3.05) is 0 Å². The van der Waals surface area contributed by atoms with Gasteiger partial charge in [-0.05, 0) is 19.3 Å². The molecule has 1 atom stereocenters. The predicted molar refractivity (Wildman–Crippen MR) is 48.1 cm³/mol. The third-order valence-electron chi connectivity index (χ3n) is 1.84. The quantitative estimate of drug-likeness (QED) is 0.760. The van der Waals surface area contributed by atoms with Crippen molar-refractivity contribution >= 4 is 5.91 Å². The van der Waals surface area contributed by atoms with E-state index >= 15 is 0 Å². The van der Waals surface area contributed by atoms with Gasteiger partial charge in [-0.1, -0.05) is 13.8 Å². The van der Waals surface area contributed by atoms with Crippen molar-refractivity contribution < 1.29 is 26.7 Å². The zero-order chi connectivity index (χ0) is 13.1. The van der Waals surface area contributed by atoms with Crippen molar-refractivity contribution in [3.63, 3.8) is 0 Å². The second-order valence-electron chi connectivity index (χ2n) is 4.08. The third kappa shape index (κ3) is 3.94. The first-order valence-electron chi connectivity index (χ1n) is 4.74. The second kappa shape index (κ2) is 4.97. The van der Waals surface area contributed by atoms with E-state index in [1.807, 2.05) is 0 Å². The number of carbonyl (C=O) groups is 1. The van der Waals surface area contributed by atoms with E-state index < -0.39 is 24.0 Å². The van der Waals surface area contributed by atoms with E-state index in [0.29, 0.717) is 6.42 Å². The average Bonchev–Trinajstić information content (AvgIpc) is 1.99. The van der Waals surface area contributed by atoms with Gasteiger partial charge < -0.3 is 5.32 Å². The molecule has 1 unspecified atom stereocenters. The lowest BCUT2D eigenvalue weighted by molar-refractivity contribution is -0.270. The van der Waals surface area contributed by atoms with Gasteiger partial charge in [0.15, 0.2) is 0 Å². The lowest BCUT2D eigenvalue weighted by Gasteiger charge is -2.22. The van der Waals surface area contributed by atoms with Crippen LogP contribution in [0.2, 0.25) is 0 Å². The highest BCUT2D eigenvalue weighted by Crippen LogP contribution is 2.35. The van der Waals surface area contributed by atoms with E-state index in [2.05, 4.69) is 0 Å². The summed E-state index contributed by atoms with van der Waals surface area (Å²) in [6, 6.07) is -0.722. The highest BCUT2D eigenvalue weighted by Gasteiger charge is 2.63. The molecule has 0 rings (SSSR count). The number of nitrogens with one attached hydrogen (secondary N) is 1. The molecule has 0 aromatic heterocycles. The van der Waals surface area contributed by atoms with Gasteiger partial charge in [0.2, 0.25) is 0 Å². The standard InChI is InChI=1S/C9H14F5NO/c1-5(2)4-6(3)15-7(16)8(10,11)9(12,13)14/h5-6H,4H2,1-3H3,(H,15,16). The first-order chi connectivity index (χ1) is 6.98. The molecule has 2 nitrogen and oxygen atoms in total. The Balaban J connectivity index is 4.47. The van der Waals surface area contributed by atoms with Crippen LogP contribution in [0.1, 0.15) is 27.2 Å². The Kier molecular flexibility index (Phi) is 4.69. The van der Waals surface area contributed by atoms with Crippen molar-refractivity contribution in [3.05, 3.63) is 0 Å². The number of rotatable bonds is 4. The van der Waals surface area contributed by atoms with E-state index in [1.165, 1.54) is 6.92 Å². The Morgan fingerprint density at radius 2 is 1.56 bits per heavy atom. The van der Waals surface area contributed by atoms with Crippen LogP contribution >= 0.6 is 0 Å². The van der Waals surface area contributed by atoms with Crippen LogP contribution in [-0.2, 0) is 4.79 Å². The summed E-state index contributed by atoms with van der Waals surface area (Å²) in [5.74, 6) is -7.54. The molecule has 16 heavy (non-hydrogen) atoms. The summed E-state index contributed by atoms with van der Waals surface area (Å²) in [4.78, 5) is 10.7. The zero-order valence-electron chi connectivity index (χ0n) is 9.16. The van der Waals surface area contributed by atoms with Crippen LogP contribution in [0.15, 0.2) is 0 Å². The maximum absolute atomic E-state index is 12.5. The maximum atomic E-state index is 12.5. The summed E-state index contributed by atoms with van der Waals surface area (Å²) in [5.41, 5.74) is 0. The largest absolute Gasteiger partial charge is 0.463 e. The molecule has 0 spiro atoms. The molecular formula is C9H14F5NO. The molecule has 7 heteroatoms. The number of hydrogen-bond acceptors (Lipinski definition) is 1. The van der Waals surface area contributed by atoms with E-state index in [-0.39, 0.29) is 5.92 Å². The Bertz CT molecular complexity index is 249. The van der Waals surface area contributed by atoms with Crippen LogP contribution in [0, 0.1) is 5.92 Å². The fourth-order valence-corrected chi connectivity index (χ4v) is 1.21. The molecule has 0 saturated heterocycles. The number of halogens is 5. The van der Waals surface area contributed by atoms with Gasteiger partial charge in [0.25, 0.3) is 0 Å². The van der Waals surface area contributed by atoms with Gasteiger partial charge in [-0.25, -0.2) is 0 Å². The molecule has 96 valence electrons. The normalized spacial score (nSPS) is 15.1. The van der Waals surface area contributed by atoms with Crippen molar-refractivity contribution in [1.82, 2.24) is 5.32 Å². The lowest BCUT2D eigenvalue weighted by atomic mass is 10.1. The number of amides is 1. The van der Waals surface area contributed by atoms with Crippen LogP contribution in [0.25, 0.3) is 0 Å². The minimum atomic E-state index is -5.85. The van der Waals surface area contributed by atoms with Crippen LogP contribution in [0.3, 0.4) is 0 Å². The van der Waals surface area contributed by atoms with Crippen LogP contribution in [0.5, 0.6) is 0 Å². The SMILES string of the molecule is CC(C)CC(C)NC(=O)C(F)(F)C(F)(F)F. The molecule has 1 amide bonds. The first-order valence-corrected chi connectivity index (χ1v) is 4.74. The number of carbonyl (C=O) groups excluding carboxylic acids is 1. The van der Waals surface area contributed by atoms with Crippen molar-refractivity contribution in [2.45, 2.75) is 45.3 Å². The molecule has 0 aliphatic carbocycles. The molecule has 0 saturated carbocycles. The molecular weight excluding hydrogens is 233 g/mol. The van der Waals surface area contributed by atoms with Gasteiger partial charge in [0.05, 0.1) is 0 Å². The third-order valence-corrected chi connectivity index (χ3v) is 1.84. The number of alkyl halides is 5. The van der Waals surface area contributed by atoms with Crippen molar-refractivity contribution in [2.24, 2.45) is 5.92 Å². The van der Waals surface area contributed by atoms with Gasteiger partial charge in [-0.3, -0.25) is 4.79 Å². The van der Waals surface area contributed by atoms with Crippen LogP contribution in [0.4, 0.5) is 22.0 Å². The molecule has 0 bridgehead atoms. The highest BCUT2D eigenvalue weighted by atomic mass is 19.4. The lowest BCUT2D eigenvalue weighted by Crippen LogP contribution is -2.52. The minimum absolute atomic E-state index is 0.0924. The molecule has 0 radical (unpaired) electrons. The molecule has 0 aliphatic heterocycles. The topological polar surface area (TPSA) is 29.1 Å². The predicted octanol–water partition coefficient (Wildman–Crippen LogP) is 2.73. The zero-order valence-corrected chi connectivity index (χ0v) is 9.16. The van der Waals surface area contributed by atoms with E-state index in [9.17, 15) is 26.7 Å². The first kappa shape index (κ1) is 15.1. The molecule has 0 aromatic carbocycles. The van der Waals surface area contributed by atoms with Gasteiger partial charge in [0, 0.05) is 6.04 Å². The van der Waals surface area contributed by atoms with Crippen LogP contribution in [-0.4, -0.2) is 24.0 Å². The second-order valence-corrected chi connectivity index (χ2v) is 4.08. The maximum Gasteiger partial charge on any atom is 0.463 e. The summed E-state index contributed by atoms with van der Waals surface area (Å²) in [6.07, 6.45) is -5.52. The Morgan fingerprint density at radius 3 is 1.88 bits per heavy atom. The van der Waals surface area contributed by atoms with Gasteiger partial charge >= 0.3 is 18.0 Å². The average molecular weight is 247 g/mol. The fraction of sp³-hybridized carbons (Fsp3) is 0.889. The number of hydrogen-bond donors (Lipinski definition) is 1. The minimum Gasteiger partial charge on any atom is -0.348 e. The molecule has 1 N–H and O–H groups in total. The van der Waals surface area contributed by atoms with Gasteiger partial charge in [-0.15, -0.1) is 0 Å². The van der Waals surface area contributed by atoms with Gasteiger partial charge in [0.1, 0.15) is 0 Å². The summed E-state index contributed by atoms with van der Waals surface area (Å²) in [5, 5.41) is 1.65. The van der Waals surface area contributed by atoms with Crippen LogP contribution < -0.4 is 5.32 Å². The molecule has 0 heterocycles. The van der Waals surface area contributed by atoms with Crippen molar-refractivity contribution in [1.29, 1.82) is 0 Å².